The van der Waals surface area contributed by atoms with Crippen LogP contribution in [0.2, 0.25) is 0 Å². The first-order valence-electron chi connectivity index (χ1n) is 11.7. The van der Waals surface area contributed by atoms with Gasteiger partial charge >= 0.3 is 0 Å². The summed E-state index contributed by atoms with van der Waals surface area (Å²) in [4.78, 5) is 13.3. The van der Waals surface area contributed by atoms with Crippen molar-refractivity contribution in [1.29, 1.82) is 0 Å². The Morgan fingerprint density at radius 2 is 1.89 bits per heavy atom. The van der Waals surface area contributed by atoms with Gasteiger partial charge in [0.05, 0.1) is 35.0 Å². The molecular weight excluding hydrogens is 501 g/mol. The Morgan fingerprint density at radius 3 is 2.59 bits per heavy atom. The van der Waals surface area contributed by atoms with Crippen LogP contribution in [0.4, 0.5) is 16.0 Å². The molecule has 12 nitrogen and oxygen atoms in total. The van der Waals surface area contributed by atoms with Crippen LogP contribution in [0.25, 0.3) is 28.3 Å². The standard InChI is InChI=1S/C23H24FN9O3S/c1-37(34,35)15-4-5-18(17(24)13-15)31-9-6-30(7-10-31)8-11-32-21-16(14-26-32)22-27-20(19-3-2-12-36-19)29-33(22)23(25)28-21/h2-5,12-14H,6-11H2,1H3,(H2,25,28). The topological polar surface area (TPSA) is 141 Å². The third-order valence-corrected chi connectivity index (χ3v) is 7.64. The van der Waals surface area contributed by atoms with Gasteiger partial charge in [-0.3, -0.25) is 4.90 Å². The molecule has 0 radical (unpaired) electrons. The number of sulfone groups is 1. The Bertz CT molecular complexity index is 1700. The van der Waals surface area contributed by atoms with Crippen molar-refractivity contribution in [1.82, 2.24) is 34.3 Å². The Kier molecular flexibility index (Phi) is 5.56. The number of benzene rings is 1. The molecule has 14 heteroatoms. The summed E-state index contributed by atoms with van der Waals surface area (Å²) in [5.41, 5.74) is 7.76. The highest BCUT2D eigenvalue weighted by atomic mass is 32.2. The van der Waals surface area contributed by atoms with Crippen LogP contribution in [0.15, 0.2) is 52.1 Å². The number of aromatic nitrogens is 6. The van der Waals surface area contributed by atoms with E-state index in [4.69, 9.17) is 10.2 Å². The van der Waals surface area contributed by atoms with Gasteiger partial charge in [-0.15, -0.1) is 5.10 Å². The monoisotopic (exact) mass is 525 g/mol. The van der Waals surface area contributed by atoms with Crippen molar-refractivity contribution in [2.75, 3.05) is 49.6 Å². The van der Waals surface area contributed by atoms with E-state index in [9.17, 15) is 12.8 Å². The average molecular weight is 526 g/mol. The molecule has 2 N–H and O–H groups in total. The molecule has 0 bridgehead atoms. The van der Waals surface area contributed by atoms with Crippen molar-refractivity contribution in [2.24, 2.45) is 0 Å². The van der Waals surface area contributed by atoms with Crippen LogP contribution in [-0.4, -0.2) is 81.7 Å². The van der Waals surface area contributed by atoms with E-state index < -0.39 is 15.7 Å². The van der Waals surface area contributed by atoms with Gasteiger partial charge in [0.15, 0.2) is 26.9 Å². The number of nitrogen functional groups attached to an aromatic ring is 1. The van der Waals surface area contributed by atoms with Crippen molar-refractivity contribution in [2.45, 2.75) is 11.4 Å². The number of halogens is 1. The van der Waals surface area contributed by atoms with Gasteiger partial charge in [0, 0.05) is 39.0 Å². The van der Waals surface area contributed by atoms with E-state index >= 15 is 0 Å². The van der Waals surface area contributed by atoms with Crippen molar-refractivity contribution >= 4 is 38.2 Å². The number of nitrogens with two attached hydrogens (primary N) is 1. The number of hydrogen-bond acceptors (Lipinski definition) is 10. The number of fused-ring (bicyclic) bond motifs is 3. The summed E-state index contributed by atoms with van der Waals surface area (Å²) in [6.45, 7) is 4.00. The Labute approximate surface area is 211 Å². The maximum Gasteiger partial charge on any atom is 0.225 e. The van der Waals surface area contributed by atoms with Crippen LogP contribution in [0.1, 0.15) is 0 Å². The van der Waals surface area contributed by atoms with Gasteiger partial charge in [-0.05, 0) is 30.3 Å². The fourth-order valence-corrected chi connectivity index (χ4v) is 5.19. The maximum atomic E-state index is 14.6. The molecule has 1 aliphatic heterocycles. The smallest absolute Gasteiger partial charge is 0.225 e. The predicted molar refractivity (Wildman–Crippen MR) is 134 cm³/mol. The first-order chi connectivity index (χ1) is 17.8. The van der Waals surface area contributed by atoms with E-state index in [1.807, 2.05) is 4.90 Å². The fraction of sp³-hybridized carbons (Fsp3) is 0.304. The second-order valence-electron chi connectivity index (χ2n) is 8.94. The maximum absolute atomic E-state index is 14.6. The molecule has 0 amide bonds. The molecule has 0 unspecified atom stereocenters. The quantitative estimate of drug-likeness (QED) is 0.348. The molecule has 0 spiro atoms. The first kappa shape index (κ1) is 23.4. The highest BCUT2D eigenvalue weighted by molar-refractivity contribution is 7.90. The molecule has 0 atom stereocenters. The van der Waals surface area contributed by atoms with Gasteiger partial charge in [-0.2, -0.15) is 14.6 Å². The predicted octanol–water partition coefficient (Wildman–Crippen LogP) is 1.68. The Morgan fingerprint density at radius 1 is 1.08 bits per heavy atom. The average Bonchev–Trinajstić information content (AvgIpc) is 3.62. The van der Waals surface area contributed by atoms with Gasteiger partial charge in [-0.1, -0.05) is 0 Å². The minimum Gasteiger partial charge on any atom is -0.461 e. The number of rotatable bonds is 6. The highest BCUT2D eigenvalue weighted by Crippen LogP contribution is 2.25. The number of hydrogen-bond donors (Lipinski definition) is 1. The lowest BCUT2D eigenvalue weighted by atomic mass is 10.2. The zero-order valence-electron chi connectivity index (χ0n) is 20.0. The summed E-state index contributed by atoms with van der Waals surface area (Å²) in [5, 5.41) is 9.64. The minimum absolute atomic E-state index is 0.0197. The van der Waals surface area contributed by atoms with Gasteiger partial charge in [0.25, 0.3) is 0 Å². The van der Waals surface area contributed by atoms with Crippen molar-refractivity contribution in [3.63, 3.8) is 0 Å². The number of nitrogens with zero attached hydrogens (tertiary/aromatic N) is 8. The summed E-state index contributed by atoms with van der Waals surface area (Å²) in [6, 6.07) is 7.61. The van der Waals surface area contributed by atoms with Gasteiger partial charge < -0.3 is 15.1 Å². The zero-order valence-corrected chi connectivity index (χ0v) is 20.8. The van der Waals surface area contributed by atoms with Gasteiger partial charge in [0.1, 0.15) is 5.82 Å². The van der Waals surface area contributed by atoms with Crippen LogP contribution in [0.5, 0.6) is 0 Å². The van der Waals surface area contributed by atoms with Crippen LogP contribution >= 0.6 is 0 Å². The van der Waals surface area contributed by atoms with Gasteiger partial charge in [-0.25, -0.2) is 22.5 Å². The third kappa shape index (κ3) is 4.27. The molecule has 192 valence electrons. The first-order valence-corrected chi connectivity index (χ1v) is 13.6. The summed E-state index contributed by atoms with van der Waals surface area (Å²) >= 11 is 0. The largest absolute Gasteiger partial charge is 0.461 e. The molecule has 4 aromatic heterocycles. The summed E-state index contributed by atoms with van der Waals surface area (Å²) < 4.78 is 46.6. The molecule has 1 fully saturated rings. The van der Waals surface area contributed by atoms with E-state index in [-0.39, 0.29) is 10.8 Å². The van der Waals surface area contributed by atoms with E-state index in [0.29, 0.717) is 48.2 Å². The van der Waals surface area contributed by atoms with Crippen LogP contribution < -0.4 is 10.6 Å². The molecule has 5 aromatic rings. The lowest BCUT2D eigenvalue weighted by Gasteiger charge is -2.36. The van der Waals surface area contributed by atoms with Gasteiger partial charge in [0.2, 0.25) is 11.8 Å². The van der Waals surface area contributed by atoms with E-state index in [0.717, 1.165) is 37.3 Å². The zero-order chi connectivity index (χ0) is 25.7. The van der Waals surface area contributed by atoms with Crippen molar-refractivity contribution in [3.8, 4) is 11.6 Å². The molecule has 1 aromatic carbocycles. The molecular formula is C23H24FN9O3S. The van der Waals surface area contributed by atoms with Crippen molar-refractivity contribution in [3.05, 3.63) is 48.6 Å². The Balaban J connectivity index is 1.14. The molecule has 6 rings (SSSR count). The second kappa shape index (κ2) is 8.81. The lowest BCUT2D eigenvalue weighted by molar-refractivity contribution is 0.245. The van der Waals surface area contributed by atoms with Crippen LogP contribution in [0.3, 0.4) is 0 Å². The van der Waals surface area contributed by atoms with Crippen LogP contribution in [0, 0.1) is 5.82 Å². The normalized spacial score (nSPS) is 15.2. The van der Waals surface area contributed by atoms with E-state index in [2.05, 4.69) is 25.1 Å². The SMILES string of the molecule is CS(=O)(=O)c1ccc(N2CCN(CCn3ncc4c3nc(N)n3nc(-c5ccco5)nc43)CC2)c(F)c1. The van der Waals surface area contributed by atoms with Crippen molar-refractivity contribution < 1.29 is 17.2 Å². The summed E-state index contributed by atoms with van der Waals surface area (Å²) in [7, 11) is -3.45. The molecule has 0 saturated carbocycles. The molecule has 1 aliphatic rings. The van der Waals surface area contributed by atoms with E-state index in [1.54, 1.807) is 29.3 Å². The minimum atomic E-state index is -3.45. The van der Waals surface area contributed by atoms with Crippen LogP contribution in [-0.2, 0) is 16.4 Å². The summed E-state index contributed by atoms with van der Waals surface area (Å²) in [5.74, 6) is 0.623. The molecule has 0 aliphatic carbocycles. The summed E-state index contributed by atoms with van der Waals surface area (Å²) in [6.07, 6.45) is 4.33. The lowest BCUT2D eigenvalue weighted by Crippen LogP contribution is -2.47. The number of furan rings is 1. The Hall–Kier alpha value is -4.04. The fourth-order valence-electron chi connectivity index (χ4n) is 4.55. The number of piperazine rings is 1. The van der Waals surface area contributed by atoms with E-state index in [1.165, 1.54) is 16.6 Å². The highest BCUT2D eigenvalue weighted by Gasteiger charge is 2.22. The number of anilines is 2. The molecule has 5 heterocycles. The third-order valence-electron chi connectivity index (χ3n) is 6.53. The second-order valence-corrected chi connectivity index (χ2v) is 11.0. The molecule has 37 heavy (non-hydrogen) atoms. The molecule has 1 saturated heterocycles.